The molecule has 26 heavy (non-hydrogen) atoms. The van der Waals surface area contributed by atoms with Gasteiger partial charge in [0.25, 0.3) is 20.0 Å². The van der Waals surface area contributed by atoms with Gasteiger partial charge in [-0.05, 0) is 24.3 Å². The third kappa shape index (κ3) is 2.03. The van der Waals surface area contributed by atoms with Crippen molar-refractivity contribution in [2.24, 2.45) is 0 Å². The number of fused-ring (bicyclic) bond motifs is 6. The predicted molar refractivity (Wildman–Crippen MR) is 98.9 cm³/mol. The second-order valence-electron chi connectivity index (χ2n) is 6.15. The number of benzene rings is 3. The Morgan fingerprint density at radius 1 is 0.538 bits per heavy atom. The van der Waals surface area contributed by atoms with Gasteiger partial charge in [-0.3, -0.25) is 9.44 Å². The molecule has 0 aromatic heterocycles. The monoisotopic (exact) mass is 384 g/mol. The standard InChI is InChI=1S/C18H12N2O4S2/c21-25(22)17-8-4-2-6-12(17)13-10-18-14(9-16(13)20-25)11-5-1-3-7-15(11)19-26(18,23)24/h1-10,19-20H. The predicted octanol–water partition coefficient (Wildman–Crippen LogP) is 3.25. The first-order valence-electron chi connectivity index (χ1n) is 7.79. The second kappa shape index (κ2) is 4.87. The molecule has 8 heteroatoms. The fraction of sp³-hybridized carbons (Fsp3) is 0. The van der Waals surface area contributed by atoms with Gasteiger partial charge in [-0.15, -0.1) is 0 Å². The third-order valence-corrected chi connectivity index (χ3v) is 7.41. The summed E-state index contributed by atoms with van der Waals surface area (Å²) >= 11 is 0. The highest BCUT2D eigenvalue weighted by Gasteiger charge is 2.33. The van der Waals surface area contributed by atoms with Crippen molar-refractivity contribution < 1.29 is 16.8 Å². The van der Waals surface area contributed by atoms with Crippen LogP contribution >= 0.6 is 0 Å². The molecule has 2 aliphatic heterocycles. The van der Waals surface area contributed by atoms with Gasteiger partial charge in [0.05, 0.1) is 21.2 Å². The zero-order chi connectivity index (χ0) is 18.1. The lowest BCUT2D eigenvalue weighted by Crippen LogP contribution is -2.22. The molecule has 130 valence electrons. The van der Waals surface area contributed by atoms with E-state index in [9.17, 15) is 16.8 Å². The zero-order valence-electron chi connectivity index (χ0n) is 13.2. The normalized spacial score (nSPS) is 17.5. The molecule has 0 aliphatic carbocycles. The smallest absolute Gasteiger partial charge is 0.262 e. The van der Waals surface area contributed by atoms with Crippen LogP contribution in [-0.4, -0.2) is 16.8 Å². The van der Waals surface area contributed by atoms with Crippen LogP contribution in [0.1, 0.15) is 0 Å². The van der Waals surface area contributed by atoms with E-state index < -0.39 is 20.0 Å². The molecule has 3 aromatic carbocycles. The second-order valence-corrected chi connectivity index (χ2v) is 9.45. The van der Waals surface area contributed by atoms with Gasteiger partial charge in [0, 0.05) is 22.3 Å². The number of hydrogen-bond donors (Lipinski definition) is 2. The molecule has 0 bridgehead atoms. The molecule has 2 heterocycles. The minimum atomic E-state index is -3.75. The first-order chi connectivity index (χ1) is 12.4. The van der Waals surface area contributed by atoms with Gasteiger partial charge in [-0.2, -0.15) is 0 Å². The Balaban J connectivity index is 1.89. The number of hydrogen-bond acceptors (Lipinski definition) is 4. The SMILES string of the molecule is O=S1(=O)Nc2cc3c(cc2-c2ccccc21)S(=O)(=O)Nc1ccccc1-3. The summed E-state index contributed by atoms with van der Waals surface area (Å²) in [6.07, 6.45) is 0. The van der Waals surface area contributed by atoms with Crippen molar-refractivity contribution in [3.05, 3.63) is 60.7 Å². The van der Waals surface area contributed by atoms with Crippen LogP contribution in [0, 0.1) is 0 Å². The molecule has 6 nitrogen and oxygen atoms in total. The van der Waals surface area contributed by atoms with E-state index in [0.29, 0.717) is 33.6 Å². The van der Waals surface area contributed by atoms with E-state index in [2.05, 4.69) is 9.44 Å². The van der Waals surface area contributed by atoms with E-state index in [1.54, 1.807) is 48.5 Å². The van der Waals surface area contributed by atoms with E-state index in [1.165, 1.54) is 12.1 Å². The van der Waals surface area contributed by atoms with Crippen LogP contribution in [0.4, 0.5) is 11.4 Å². The fourth-order valence-electron chi connectivity index (χ4n) is 3.45. The molecule has 0 amide bonds. The maximum absolute atomic E-state index is 12.7. The summed E-state index contributed by atoms with van der Waals surface area (Å²) in [4.78, 5) is 0.264. The van der Waals surface area contributed by atoms with Crippen LogP contribution in [0.2, 0.25) is 0 Å². The number of nitrogens with one attached hydrogen (secondary N) is 2. The minimum absolute atomic E-state index is 0.130. The Labute approximate surface area is 150 Å². The zero-order valence-corrected chi connectivity index (χ0v) is 14.9. The number of para-hydroxylation sites is 1. The molecule has 0 radical (unpaired) electrons. The van der Waals surface area contributed by atoms with Crippen LogP contribution in [0.15, 0.2) is 70.5 Å². The lowest BCUT2D eigenvalue weighted by atomic mass is 9.97. The number of rotatable bonds is 0. The Morgan fingerprint density at radius 2 is 1.15 bits per heavy atom. The molecular formula is C18H12N2O4S2. The van der Waals surface area contributed by atoms with Crippen molar-refractivity contribution in [2.45, 2.75) is 9.79 Å². The molecule has 0 fully saturated rings. The van der Waals surface area contributed by atoms with Gasteiger partial charge >= 0.3 is 0 Å². The highest BCUT2D eigenvalue weighted by Crippen LogP contribution is 2.46. The molecule has 0 saturated carbocycles. The van der Waals surface area contributed by atoms with Crippen molar-refractivity contribution in [1.29, 1.82) is 0 Å². The Hall–Kier alpha value is -2.84. The average molecular weight is 384 g/mol. The highest BCUT2D eigenvalue weighted by molar-refractivity contribution is 7.93. The third-order valence-electron chi connectivity index (χ3n) is 4.58. The molecule has 2 aliphatic rings. The largest absolute Gasteiger partial charge is 0.279 e. The highest BCUT2D eigenvalue weighted by atomic mass is 32.2. The van der Waals surface area contributed by atoms with E-state index >= 15 is 0 Å². The Morgan fingerprint density at radius 3 is 1.96 bits per heavy atom. The van der Waals surface area contributed by atoms with Gasteiger partial charge in [-0.25, -0.2) is 16.8 Å². The molecular weight excluding hydrogens is 372 g/mol. The summed E-state index contributed by atoms with van der Waals surface area (Å²) in [6, 6.07) is 16.7. The summed E-state index contributed by atoms with van der Waals surface area (Å²) in [5.74, 6) is 0. The summed E-state index contributed by atoms with van der Waals surface area (Å²) in [7, 11) is -7.45. The van der Waals surface area contributed by atoms with Crippen LogP contribution in [-0.2, 0) is 20.0 Å². The molecule has 0 saturated heterocycles. The van der Waals surface area contributed by atoms with Crippen LogP contribution in [0.5, 0.6) is 0 Å². The summed E-state index contributed by atoms with van der Waals surface area (Å²) in [5.41, 5.74) is 3.05. The van der Waals surface area contributed by atoms with Crippen molar-refractivity contribution >= 4 is 31.4 Å². The van der Waals surface area contributed by atoms with Crippen LogP contribution in [0.3, 0.4) is 0 Å². The maximum atomic E-state index is 12.7. The van der Waals surface area contributed by atoms with Gasteiger partial charge in [0.2, 0.25) is 0 Å². The molecule has 0 unspecified atom stereocenters. The summed E-state index contributed by atoms with van der Waals surface area (Å²) in [6.45, 7) is 0. The topological polar surface area (TPSA) is 92.3 Å². The summed E-state index contributed by atoms with van der Waals surface area (Å²) in [5, 5.41) is 0. The molecule has 5 rings (SSSR count). The Kier molecular flexibility index (Phi) is 2.88. The van der Waals surface area contributed by atoms with E-state index in [4.69, 9.17) is 0 Å². The van der Waals surface area contributed by atoms with Crippen molar-refractivity contribution in [1.82, 2.24) is 0 Å². The van der Waals surface area contributed by atoms with Gasteiger partial charge in [-0.1, -0.05) is 36.4 Å². The van der Waals surface area contributed by atoms with E-state index in [0.717, 1.165) is 0 Å². The van der Waals surface area contributed by atoms with Gasteiger partial charge < -0.3 is 0 Å². The van der Waals surface area contributed by atoms with E-state index in [-0.39, 0.29) is 9.79 Å². The van der Waals surface area contributed by atoms with Crippen molar-refractivity contribution in [2.75, 3.05) is 9.44 Å². The van der Waals surface area contributed by atoms with Gasteiger partial charge in [0.1, 0.15) is 0 Å². The lowest BCUT2D eigenvalue weighted by Gasteiger charge is -2.27. The van der Waals surface area contributed by atoms with Crippen LogP contribution < -0.4 is 9.44 Å². The molecule has 0 atom stereocenters. The fourth-order valence-corrected chi connectivity index (χ4v) is 6.05. The van der Waals surface area contributed by atoms with Crippen molar-refractivity contribution in [3.63, 3.8) is 0 Å². The van der Waals surface area contributed by atoms with Crippen molar-refractivity contribution in [3.8, 4) is 22.3 Å². The first kappa shape index (κ1) is 15.4. The van der Waals surface area contributed by atoms with E-state index in [1.807, 2.05) is 0 Å². The molecule has 2 N–H and O–H groups in total. The molecule has 3 aromatic rings. The quantitative estimate of drug-likeness (QED) is 0.622. The number of anilines is 2. The average Bonchev–Trinajstić information content (AvgIpc) is 2.60. The lowest BCUT2D eigenvalue weighted by molar-refractivity contribution is 0.600. The minimum Gasteiger partial charge on any atom is -0.279 e. The summed E-state index contributed by atoms with van der Waals surface area (Å²) < 4.78 is 55.6. The molecule has 0 spiro atoms. The number of sulfonamides is 2. The first-order valence-corrected chi connectivity index (χ1v) is 10.8. The Bertz CT molecular complexity index is 1310. The van der Waals surface area contributed by atoms with Gasteiger partial charge in [0.15, 0.2) is 0 Å². The van der Waals surface area contributed by atoms with Crippen LogP contribution in [0.25, 0.3) is 22.3 Å². The maximum Gasteiger partial charge on any atom is 0.262 e.